The fourth-order valence-corrected chi connectivity index (χ4v) is 2.42. The zero-order valence-corrected chi connectivity index (χ0v) is 11.9. The molecule has 1 aliphatic heterocycles. The number of carbonyl (C=O) groups excluding carboxylic acids is 1. The number of amides is 1. The van der Waals surface area contributed by atoms with E-state index in [-0.39, 0.29) is 18.0 Å². The Hall–Kier alpha value is -1.71. The predicted octanol–water partition coefficient (Wildman–Crippen LogP) is 2.22. The molecule has 4 heteroatoms. The summed E-state index contributed by atoms with van der Waals surface area (Å²) in [6, 6.07) is 8.21. The van der Waals surface area contributed by atoms with Crippen LogP contribution in [0.5, 0.6) is 0 Å². The fourth-order valence-electron chi connectivity index (χ4n) is 2.42. The van der Waals surface area contributed by atoms with Gasteiger partial charge in [-0.2, -0.15) is 0 Å². The first-order valence-corrected chi connectivity index (χ1v) is 6.99. The van der Waals surface area contributed by atoms with Crippen molar-refractivity contribution in [1.82, 2.24) is 5.32 Å². The van der Waals surface area contributed by atoms with Crippen LogP contribution in [0.4, 0.5) is 11.4 Å². The molecule has 0 bridgehead atoms. The van der Waals surface area contributed by atoms with Crippen molar-refractivity contribution in [3.05, 3.63) is 24.3 Å². The molecule has 0 aromatic heterocycles. The number of para-hydroxylation sites is 2. The number of anilines is 2. The lowest BCUT2D eigenvalue weighted by Crippen LogP contribution is -2.47. The number of nitrogens with one attached hydrogen (secondary N) is 2. The second-order valence-electron chi connectivity index (χ2n) is 5.33. The summed E-state index contributed by atoms with van der Waals surface area (Å²) in [4.78, 5) is 14.4. The smallest absolute Gasteiger partial charge is 0.242 e. The number of benzene rings is 1. The van der Waals surface area contributed by atoms with Crippen LogP contribution < -0.4 is 15.5 Å². The predicted molar refractivity (Wildman–Crippen MR) is 79.6 cm³/mol. The maximum atomic E-state index is 12.2. The average Bonchev–Trinajstić information content (AvgIpc) is 2.59. The Morgan fingerprint density at radius 1 is 1.32 bits per heavy atom. The highest BCUT2D eigenvalue weighted by molar-refractivity contribution is 5.87. The molecule has 0 spiro atoms. The number of carbonyl (C=O) groups is 1. The highest BCUT2D eigenvalue weighted by atomic mass is 16.2. The molecule has 0 saturated carbocycles. The molecule has 0 radical (unpaired) electrons. The molecular formula is C15H23N3O. The van der Waals surface area contributed by atoms with Gasteiger partial charge in [-0.3, -0.25) is 4.79 Å². The van der Waals surface area contributed by atoms with Crippen LogP contribution in [-0.2, 0) is 4.79 Å². The van der Waals surface area contributed by atoms with Gasteiger partial charge in [-0.05, 0) is 39.3 Å². The van der Waals surface area contributed by atoms with E-state index in [0.717, 1.165) is 30.9 Å². The van der Waals surface area contributed by atoms with E-state index in [1.807, 2.05) is 32.9 Å². The Morgan fingerprint density at radius 3 is 2.79 bits per heavy atom. The molecule has 1 atom stereocenters. The maximum Gasteiger partial charge on any atom is 0.242 e. The van der Waals surface area contributed by atoms with Crippen molar-refractivity contribution in [2.45, 2.75) is 39.3 Å². The number of hydrogen-bond acceptors (Lipinski definition) is 3. The van der Waals surface area contributed by atoms with Crippen LogP contribution in [0.3, 0.4) is 0 Å². The molecular weight excluding hydrogens is 238 g/mol. The third kappa shape index (κ3) is 3.19. The molecule has 1 aliphatic rings. The zero-order valence-electron chi connectivity index (χ0n) is 11.9. The molecule has 0 fully saturated rings. The van der Waals surface area contributed by atoms with E-state index in [2.05, 4.69) is 27.7 Å². The molecule has 19 heavy (non-hydrogen) atoms. The topological polar surface area (TPSA) is 44.4 Å². The monoisotopic (exact) mass is 261 g/mol. The van der Waals surface area contributed by atoms with E-state index in [0.29, 0.717) is 0 Å². The Kier molecular flexibility index (Phi) is 4.30. The molecule has 104 valence electrons. The third-order valence-electron chi connectivity index (χ3n) is 3.38. The minimum absolute atomic E-state index is 0.0895. The highest BCUT2D eigenvalue weighted by Crippen LogP contribution is 2.29. The number of hydrogen-bond donors (Lipinski definition) is 2. The van der Waals surface area contributed by atoms with Crippen LogP contribution in [0, 0.1) is 0 Å². The van der Waals surface area contributed by atoms with E-state index in [9.17, 15) is 4.79 Å². The van der Waals surface area contributed by atoms with Gasteiger partial charge in [0, 0.05) is 19.1 Å². The van der Waals surface area contributed by atoms with E-state index >= 15 is 0 Å². The minimum Gasteiger partial charge on any atom is -0.383 e. The van der Waals surface area contributed by atoms with Gasteiger partial charge >= 0.3 is 0 Å². The molecule has 1 amide bonds. The lowest BCUT2D eigenvalue weighted by Gasteiger charge is -2.30. The summed E-state index contributed by atoms with van der Waals surface area (Å²) in [5.41, 5.74) is 2.23. The first kappa shape index (κ1) is 13.7. The Morgan fingerprint density at radius 2 is 2.05 bits per heavy atom. The van der Waals surface area contributed by atoms with Crippen molar-refractivity contribution < 1.29 is 4.79 Å². The maximum absolute atomic E-state index is 12.2. The SMILES string of the molecule is CC(C)NC(=O)C(C)N1CCCNc2ccccc21. The van der Waals surface area contributed by atoms with E-state index in [1.54, 1.807) is 0 Å². The van der Waals surface area contributed by atoms with Crippen molar-refractivity contribution in [1.29, 1.82) is 0 Å². The lowest BCUT2D eigenvalue weighted by molar-refractivity contribution is -0.122. The second kappa shape index (κ2) is 5.95. The summed E-state index contributed by atoms with van der Waals surface area (Å²) in [7, 11) is 0. The summed E-state index contributed by atoms with van der Waals surface area (Å²) in [6.45, 7) is 7.80. The van der Waals surface area contributed by atoms with Crippen molar-refractivity contribution in [3.63, 3.8) is 0 Å². The van der Waals surface area contributed by atoms with Crippen LogP contribution in [0.15, 0.2) is 24.3 Å². The van der Waals surface area contributed by atoms with Crippen molar-refractivity contribution >= 4 is 17.3 Å². The van der Waals surface area contributed by atoms with Crippen LogP contribution in [-0.4, -0.2) is 31.1 Å². The van der Waals surface area contributed by atoms with Gasteiger partial charge in [-0.25, -0.2) is 0 Å². The van der Waals surface area contributed by atoms with Crippen molar-refractivity contribution in [3.8, 4) is 0 Å². The van der Waals surface area contributed by atoms with Crippen LogP contribution in [0.25, 0.3) is 0 Å². The fraction of sp³-hybridized carbons (Fsp3) is 0.533. The molecule has 1 aromatic carbocycles. The van der Waals surface area contributed by atoms with Gasteiger partial charge in [-0.15, -0.1) is 0 Å². The third-order valence-corrected chi connectivity index (χ3v) is 3.38. The van der Waals surface area contributed by atoms with Crippen LogP contribution in [0.2, 0.25) is 0 Å². The van der Waals surface area contributed by atoms with Gasteiger partial charge in [-0.1, -0.05) is 12.1 Å². The van der Waals surface area contributed by atoms with E-state index < -0.39 is 0 Å². The second-order valence-corrected chi connectivity index (χ2v) is 5.33. The van der Waals surface area contributed by atoms with E-state index in [1.165, 1.54) is 0 Å². The zero-order chi connectivity index (χ0) is 13.8. The van der Waals surface area contributed by atoms with Gasteiger partial charge in [0.25, 0.3) is 0 Å². The molecule has 2 N–H and O–H groups in total. The van der Waals surface area contributed by atoms with Crippen LogP contribution in [0.1, 0.15) is 27.2 Å². The van der Waals surface area contributed by atoms with E-state index in [4.69, 9.17) is 0 Å². The van der Waals surface area contributed by atoms with Crippen molar-refractivity contribution in [2.24, 2.45) is 0 Å². The first-order valence-electron chi connectivity index (χ1n) is 6.99. The lowest BCUT2D eigenvalue weighted by atomic mass is 10.1. The minimum atomic E-state index is -0.150. The number of fused-ring (bicyclic) bond motifs is 1. The Balaban J connectivity index is 2.21. The molecule has 4 nitrogen and oxygen atoms in total. The highest BCUT2D eigenvalue weighted by Gasteiger charge is 2.24. The standard InChI is InChI=1S/C15H23N3O/c1-11(2)17-15(19)12(3)18-10-6-9-16-13-7-4-5-8-14(13)18/h4-5,7-8,11-12,16H,6,9-10H2,1-3H3,(H,17,19). The van der Waals surface area contributed by atoms with Gasteiger partial charge in [0.1, 0.15) is 6.04 Å². The van der Waals surface area contributed by atoms with Gasteiger partial charge < -0.3 is 15.5 Å². The molecule has 1 heterocycles. The average molecular weight is 261 g/mol. The summed E-state index contributed by atoms with van der Waals surface area (Å²) < 4.78 is 0. The molecule has 1 unspecified atom stereocenters. The van der Waals surface area contributed by atoms with Gasteiger partial charge in [0.15, 0.2) is 0 Å². The van der Waals surface area contributed by atoms with Crippen LogP contribution >= 0.6 is 0 Å². The molecule has 0 aliphatic carbocycles. The van der Waals surface area contributed by atoms with Gasteiger partial charge in [0.2, 0.25) is 5.91 Å². The number of rotatable bonds is 3. The summed E-state index contributed by atoms with van der Waals surface area (Å²) in [6.07, 6.45) is 1.04. The molecule has 0 saturated heterocycles. The Bertz CT molecular complexity index is 445. The number of nitrogens with zero attached hydrogens (tertiary/aromatic N) is 1. The quantitative estimate of drug-likeness (QED) is 0.877. The van der Waals surface area contributed by atoms with Gasteiger partial charge in [0.05, 0.1) is 11.4 Å². The molecule has 1 aromatic rings. The summed E-state index contributed by atoms with van der Waals surface area (Å²) >= 11 is 0. The largest absolute Gasteiger partial charge is 0.383 e. The normalized spacial score (nSPS) is 16.3. The first-order chi connectivity index (χ1) is 9.09. The molecule has 2 rings (SSSR count). The van der Waals surface area contributed by atoms with Crippen molar-refractivity contribution in [2.75, 3.05) is 23.3 Å². The summed E-state index contributed by atoms with van der Waals surface area (Å²) in [5.74, 6) is 0.0895. The Labute approximate surface area is 115 Å². The summed E-state index contributed by atoms with van der Waals surface area (Å²) in [5, 5.41) is 6.41.